The number of hydrogen-bond donors (Lipinski definition) is 2. The van der Waals surface area contributed by atoms with Crippen LogP contribution in [0.25, 0.3) is 0 Å². The third-order valence-corrected chi connectivity index (χ3v) is 6.17. The van der Waals surface area contributed by atoms with E-state index in [1.54, 1.807) is 0 Å². The Kier molecular flexibility index (Phi) is 4.80. The molecule has 144 valence electrons. The van der Waals surface area contributed by atoms with E-state index in [0.717, 1.165) is 19.3 Å². The molecule has 1 aromatic heterocycles. The summed E-state index contributed by atoms with van der Waals surface area (Å²) in [6, 6.07) is 2.36. The zero-order chi connectivity index (χ0) is 19.0. The molecule has 4 bridgehead atoms. The van der Waals surface area contributed by atoms with E-state index in [2.05, 4.69) is 15.6 Å². The Morgan fingerprint density at radius 2 is 1.78 bits per heavy atom. The van der Waals surface area contributed by atoms with Crippen LogP contribution in [0.3, 0.4) is 0 Å². The number of amides is 3. The molecule has 0 spiro atoms. The Bertz CT molecular complexity index is 747. The minimum absolute atomic E-state index is 0.00770. The molecule has 0 saturated heterocycles. The summed E-state index contributed by atoms with van der Waals surface area (Å²) >= 11 is 5.79. The van der Waals surface area contributed by atoms with Crippen LogP contribution in [0.2, 0.25) is 5.02 Å². The first-order valence-electron chi connectivity index (χ1n) is 9.31. The van der Waals surface area contributed by atoms with Crippen LogP contribution in [0.1, 0.15) is 49.0 Å². The van der Waals surface area contributed by atoms with Crippen molar-refractivity contribution in [2.75, 3.05) is 6.61 Å². The van der Waals surface area contributed by atoms with Crippen molar-refractivity contribution in [2.45, 2.75) is 44.1 Å². The minimum atomic E-state index is -0.769. The highest BCUT2D eigenvalue weighted by Gasteiger charge is 2.51. The molecule has 4 saturated carbocycles. The smallest absolute Gasteiger partial charge is 0.357 e. The number of esters is 1. The van der Waals surface area contributed by atoms with E-state index >= 15 is 0 Å². The van der Waals surface area contributed by atoms with Gasteiger partial charge in [0.25, 0.3) is 5.91 Å². The van der Waals surface area contributed by atoms with Gasteiger partial charge in [0.05, 0.1) is 0 Å². The van der Waals surface area contributed by atoms with Crippen molar-refractivity contribution in [1.82, 2.24) is 15.6 Å². The summed E-state index contributed by atoms with van der Waals surface area (Å²) in [4.78, 5) is 39.9. The topological polar surface area (TPSA) is 97.4 Å². The monoisotopic (exact) mass is 391 g/mol. The highest BCUT2D eigenvalue weighted by molar-refractivity contribution is 6.30. The molecule has 2 N–H and O–H groups in total. The molecule has 3 amide bonds. The molecule has 0 aliphatic heterocycles. The first kappa shape index (κ1) is 18.2. The number of rotatable bonds is 4. The maximum Gasteiger partial charge on any atom is 0.357 e. The Hall–Kier alpha value is -2.15. The van der Waals surface area contributed by atoms with Gasteiger partial charge < -0.3 is 10.1 Å². The molecule has 4 aliphatic rings. The van der Waals surface area contributed by atoms with E-state index in [9.17, 15) is 14.4 Å². The number of nitrogens with zero attached hydrogens (tertiary/aromatic N) is 1. The summed E-state index contributed by atoms with van der Waals surface area (Å²) < 4.78 is 4.89. The Morgan fingerprint density at radius 3 is 2.37 bits per heavy atom. The van der Waals surface area contributed by atoms with Crippen molar-refractivity contribution in [2.24, 2.45) is 17.8 Å². The van der Waals surface area contributed by atoms with Gasteiger partial charge in [0.15, 0.2) is 6.61 Å². The van der Waals surface area contributed by atoms with Gasteiger partial charge in [-0.05, 0) is 68.4 Å². The lowest BCUT2D eigenvalue weighted by Crippen LogP contribution is -2.62. The number of ether oxygens (including phenoxy) is 1. The maximum absolute atomic E-state index is 12.3. The fourth-order valence-corrected chi connectivity index (χ4v) is 5.58. The fraction of sp³-hybridized carbons (Fsp3) is 0.579. The highest BCUT2D eigenvalue weighted by atomic mass is 35.5. The third kappa shape index (κ3) is 4.08. The lowest BCUT2D eigenvalue weighted by Gasteiger charge is -2.56. The molecule has 7 nitrogen and oxygen atoms in total. The molecule has 0 radical (unpaired) electrons. The van der Waals surface area contributed by atoms with E-state index in [1.807, 2.05) is 0 Å². The van der Waals surface area contributed by atoms with Crippen LogP contribution < -0.4 is 10.6 Å². The van der Waals surface area contributed by atoms with Gasteiger partial charge in [0.2, 0.25) is 0 Å². The summed E-state index contributed by atoms with van der Waals surface area (Å²) in [6.45, 7) is -0.554. The number of imide groups is 1. The Labute approximate surface area is 162 Å². The molecule has 0 atom stereocenters. The van der Waals surface area contributed by atoms with Gasteiger partial charge in [0, 0.05) is 16.8 Å². The molecule has 0 unspecified atom stereocenters. The number of hydrogen-bond acceptors (Lipinski definition) is 5. The van der Waals surface area contributed by atoms with Crippen LogP contribution in [0.5, 0.6) is 0 Å². The first-order chi connectivity index (χ1) is 12.9. The van der Waals surface area contributed by atoms with Gasteiger partial charge in [-0.15, -0.1) is 0 Å². The van der Waals surface area contributed by atoms with Gasteiger partial charge in [-0.3, -0.25) is 10.1 Å². The van der Waals surface area contributed by atoms with Crippen LogP contribution in [-0.2, 0) is 9.53 Å². The van der Waals surface area contributed by atoms with E-state index < -0.39 is 24.5 Å². The summed E-state index contributed by atoms with van der Waals surface area (Å²) in [6.07, 6.45) is 8.18. The summed E-state index contributed by atoms with van der Waals surface area (Å²) in [5.74, 6) is 0.636. The first-order valence-corrected chi connectivity index (χ1v) is 9.69. The van der Waals surface area contributed by atoms with E-state index in [1.165, 1.54) is 37.6 Å². The molecule has 4 aliphatic carbocycles. The van der Waals surface area contributed by atoms with Crippen LogP contribution in [-0.4, -0.2) is 35.0 Å². The van der Waals surface area contributed by atoms with E-state index in [-0.39, 0.29) is 11.2 Å². The standard InChI is InChI=1S/C19H22ClN3O4/c20-14-1-2-21-15(6-14)17(25)27-10-16(24)22-18(26)23-19-7-11-3-12(8-19)5-13(4-11)9-19/h1-2,6,11-13H,3-5,7-10H2,(H2,22,23,24,26). The molecule has 8 heteroatoms. The molecule has 4 fully saturated rings. The average Bonchev–Trinajstić information content (AvgIpc) is 2.57. The van der Waals surface area contributed by atoms with Crippen LogP contribution in [0.15, 0.2) is 18.3 Å². The number of urea groups is 1. The van der Waals surface area contributed by atoms with Gasteiger partial charge in [-0.1, -0.05) is 11.6 Å². The maximum atomic E-state index is 12.3. The number of aromatic nitrogens is 1. The van der Waals surface area contributed by atoms with Crippen molar-refractivity contribution >= 4 is 29.5 Å². The van der Waals surface area contributed by atoms with E-state index in [0.29, 0.717) is 22.8 Å². The zero-order valence-corrected chi connectivity index (χ0v) is 15.6. The van der Waals surface area contributed by atoms with Crippen molar-refractivity contribution in [3.63, 3.8) is 0 Å². The van der Waals surface area contributed by atoms with Crippen LogP contribution in [0, 0.1) is 17.8 Å². The SMILES string of the molecule is O=C(COC(=O)c1cc(Cl)ccn1)NC(=O)NC12CC3CC(CC(C3)C1)C2. The second kappa shape index (κ2) is 7.11. The quantitative estimate of drug-likeness (QED) is 0.769. The average molecular weight is 392 g/mol. The van der Waals surface area contributed by atoms with Crippen LogP contribution >= 0.6 is 11.6 Å². The third-order valence-electron chi connectivity index (χ3n) is 5.94. The number of halogens is 1. The second-order valence-corrected chi connectivity index (χ2v) is 8.57. The van der Waals surface area contributed by atoms with Gasteiger partial charge >= 0.3 is 12.0 Å². The predicted molar refractivity (Wildman–Crippen MR) is 97.1 cm³/mol. The summed E-state index contributed by atoms with van der Waals surface area (Å²) in [5, 5.41) is 5.65. The fourth-order valence-electron chi connectivity index (χ4n) is 5.42. The summed E-state index contributed by atoms with van der Waals surface area (Å²) in [7, 11) is 0. The van der Waals surface area contributed by atoms with Crippen molar-refractivity contribution in [1.29, 1.82) is 0 Å². The molecule has 0 aromatic carbocycles. The largest absolute Gasteiger partial charge is 0.451 e. The number of carbonyl (C=O) groups is 3. The Balaban J connectivity index is 1.26. The molecule has 1 aromatic rings. The normalized spacial score (nSPS) is 30.6. The van der Waals surface area contributed by atoms with Crippen LogP contribution in [0.4, 0.5) is 4.79 Å². The van der Waals surface area contributed by atoms with Crippen molar-refractivity contribution < 1.29 is 19.1 Å². The highest BCUT2D eigenvalue weighted by Crippen LogP contribution is 2.55. The van der Waals surface area contributed by atoms with Gasteiger partial charge in [0.1, 0.15) is 5.69 Å². The molecular formula is C19H22ClN3O4. The second-order valence-electron chi connectivity index (χ2n) is 8.14. The Morgan fingerprint density at radius 1 is 1.15 bits per heavy atom. The van der Waals surface area contributed by atoms with Crippen molar-refractivity contribution in [3.8, 4) is 0 Å². The lowest BCUT2D eigenvalue weighted by molar-refractivity contribution is -0.123. The zero-order valence-electron chi connectivity index (χ0n) is 14.9. The lowest BCUT2D eigenvalue weighted by atomic mass is 9.53. The predicted octanol–water partition coefficient (Wildman–Crippen LogP) is 2.69. The molecule has 5 rings (SSSR count). The van der Waals surface area contributed by atoms with Gasteiger partial charge in [-0.25, -0.2) is 14.6 Å². The van der Waals surface area contributed by atoms with Crippen molar-refractivity contribution in [3.05, 3.63) is 29.0 Å². The van der Waals surface area contributed by atoms with Gasteiger partial charge in [-0.2, -0.15) is 0 Å². The van der Waals surface area contributed by atoms with E-state index in [4.69, 9.17) is 16.3 Å². The minimum Gasteiger partial charge on any atom is -0.451 e. The molecule has 27 heavy (non-hydrogen) atoms. The number of carbonyl (C=O) groups excluding carboxylic acids is 3. The number of pyridine rings is 1. The summed E-state index contributed by atoms with van der Waals surface area (Å²) in [5.41, 5.74) is -0.172. The molecule has 1 heterocycles. The molecular weight excluding hydrogens is 370 g/mol. The number of nitrogens with one attached hydrogen (secondary N) is 2.